The van der Waals surface area contributed by atoms with Gasteiger partial charge in [0.15, 0.2) is 0 Å². The first-order valence-corrected chi connectivity index (χ1v) is 8.68. The minimum atomic E-state index is 0.619. The van der Waals surface area contributed by atoms with Crippen LogP contribution in [0.2, 0.25) is 0 Å². The normalized spacial score (nSPS) is 19.0. The molecule has 1 aliphatic rings. The molecule has 18 heavy (non-hydrogen) atoms. The molecule has 0 saturated carbocycles. The molecule has 1 aromatic heterocycles. The van der Waals surface area contributed by atoms with Crippen molar-refractivity contribution < 1.29 is 0 Å². The van der Waals surface area contributed by atoms with Gasteiger partial charge >= 0.3 is 0 Å². The molecule has 2 nitrogen and oxygen atoms in total. The van der Waals surface area contributed by atoms with E-state index in [0.717, 1.165) is 13.1 Å². The summed E-state index contributed by atoms with van der Waals surface area (Å²) >= 11 is 5.61. The van der Waals surface area contributed by atoms with Crippen LogP contribution < -0.4 is 5.32 Å². The molecule has 1 fully saturated rings. The van der Waals surface area contributed by atoms with Crippen molar-refractivity contribution in [3.05, 3.63) is 20.8 Å². The Morgan fingerprint density at radius 2 is 2.17 bits per heavy atom. The number of nitrogens with zero attached hydrogens (tertiary/aromatic N) is 1. The maximum Gasteiger partial charge on any atom is 0.0453 e. The molecule has 1 N–H and O–H groups in total. The summed E-state index contributed by atoms with van der Waals surface area (Å²) in [6, 6.07) is 2.81. The minimum Gasteiger partial charge on any atom is -0.314 e. The SMILES string of the molecule is CCCCC[C@H](c1sccc1Br)N1CCNCC1. The van der Waals surface area contributed by atoms with Gasteiger partial charge in [-0.05, 0) is 33.8 Å². The summed E-state index contributed by atoms with van der Waals surface area (Å²) in [7, 11) is 0. The van der Waals surface area contributed by atoms with Gasteiger partial charge in [0, 0.05) is 41.6 Å². The number of halogens is 1. The summed E-state index contributed by atoms with van der Waals surface area (Å²) in [5, 5.41) is 5.65. The molecule has 2 heterocycles. The number of thiophene rings is 1. The number of nitrogens with one attached hydrogen (secondary N) is 1. The Labute approximate surface area is 123 Å². The zero-order valence-electron chi connectivity index (χ0n) is 11.1. The number of rotatable bonds is 6. The lowest BCUT2D eigenvalue weighted by molar-refractivity contribution is 0.165. The summed E-state index contributed by atoms with van der Waals surface area (Å²) < 4.78 is 1.30. The predicted octanol–water partition coefficient (Wildman–Crippen LogP) is 4.04. The number of unbranched alkanes of at least 4 members (excludes halogenated alkanes) is 2. The van der Waals surface area contributed by atoms with E-state index in [1.165, 1.54) is 48.1 Å². The van der Waals surface area contributed by atoms with E-state index in [9.17, 15) is 0 Å². The van der Waals surface area contributed by atoms with E-state index in [4.69, 9.17) is 0 Å². The molecular formula is C14H23BrN2S. The predicted molar refractivity (Wildman–Crippen MR) is 83.3 cm³/mol. The first-order valence-electron chi connectivity index (χ1n) is 7.00. The molecule has 0 amide bonds. The second-order valence-electron chi connectivity index (χ2n) is 4.93. The van der Waals surface area contributed by atoms with Crippen molar-refractivity contribution in [2.24, 2.45) is 0 Å². The number of hydrogen-bond acceptors (Lipinski definition) is 3. The van der Waals surface area contributed by atoms with Gasteiger partial charge in [0.2, 0.25) is 0 Å². The van der Waals surface area contributed by atoms with Crippen molar-refractivity contribution in [3.8, 4) is 0 Å². The molecule has 2 rings (SSSR count). The standard InChI is InChI=1S/C14H23BrN2S/c1-2-3-4-5-13(14-12(15)6-11-18-14)17-9-7-16-8-10-17/h6,11,13,16H,2-5,7-10H2,1H3/t13-/m1/s1. The van der Waals surface area contributed by atoms with E-state index in [1.54, 1.807) is 0 Å². The first-order chi connectivity index (χ1) is 8.83. The Bertz CT molecular complexity index is 347. The van der Waals surface area contributed by atoms with Gasteiger partial charge < -0.3 is 5.32 Å². The molecule has 102 valence electrons. The van der Waals surface area contributed by atoms with E-state index in [1.807, 2.05) is 11.3 Å². The average molecular weight is 331 g/mol. The van der Waals surface area contributed by atoms with Crippen LogP contribution in [0.25, 0.3) is 0 Å². The fraction of sp³-hybridized carbons (Fsp3) is 0.714. The van der Waals surface area contributed by atoms with Crippen LogP contribution >= 0.6 is 27.3 Å². The van der Waals surface area contributed by atoms with Gasteiger partial charge in [-0.15, -0.1) is 11.3 Å². The van der Waals surface area contributed by atoms with Gasteiger partial charge in [-0.2, -0.15) is 0 Å². The Morgan fingerprint density at radius 3 is 2.78 bits per heavy atom. The van der Waals surface area contributed by atoms with Crippen molar-refractivity contribution in [2.75, 3.05) is 26.2 Å². The molecule has 0 bridgehead atoms. The molecule has 1 aromatic rings. The van der Waals surface area contributed by atoms with Crippen LogP contribution in [0.5, 0.6) is 0 Å². The molecular weight excluding hydrogens is 308 g/mol. The van der Waals surface area contributed by atoms with E-state index in [2.05, 4.69) is 44.5 Å². The topological polar surface area (TPSA) is 15.3 Å². The van der Waals surface area contributed by atoms with Gasteiger partial charge in [-0.25, -0.2) is 0 Å². The van der Waals surface area contributed by atoms with E-state index >= 15 is 0 Å². The summed E-state index contributed by atoms with van der Waals surface area (Å²) in [6.07, 6.45) is 5.30. The minimum absolute atomic E-state index is 0.619. The fourth-order valence-electron chi connectivity index (χ4n) is 2.60. The number of hydrogen-bond donors (Lipinski definition) is 1. The molecule has 0 spiro atoms. The average Bonchev–Trinajstić information content (AvgIpc) is 2.82. The summed E-state index contributed by atoms with van der Waals surface area (Å²) in [5.74, 6) is 0. The van der Waals surface area contributed by atoms with Crippen molar-refractivity contribution in [1.29, 1.82) is 0 Å². The Kier molecular flexibility index (Phi) is 6.15. The van der Waals surface area contributed by atoms with Crippen molar-refractivity contribution in [3.63, 3.8) is 0 Å². The Morgan fingerprint density at radius 1 is 1.39 bits per heavy atom. The Balaban J connectivity index is 2.04. The summed E-state index contributed by atoms with van der Waals surface area (Å²) in [6.45, 7) is 6.91. The van der Waals surface area contributed by atoms with E-state index < -0.39 is 0 Å². The van der Waals surface area contributed by atoms with Gasteiger partial charge in [0.25, 0.3) is 0 Å². The smallest absolute Gasteiger partial charge is 0.0453 e. The molecule has 1 aliphatic heterocycles. The highest BCUT2D eigenvalue weighted by Crippen LogP contribution is 2.36. The lowest BCUT2D eigenvalue weighted by Gasteiger charge is -2.34. The van der Waals surface area contributed by atoms with Crippen molar-refractivity contribution in [2.45, 2.75) is 38.6 Å². The van der Waals surface area contributed by atoms with Gasteiger partial charge in [-0.3, -0.25) is 4.90 Å². The summed E-state index contributed by atoms with van der Waals surface area (Å²) in [5.41, 5.74) is 0. The lowest BCUT2D eigenvalue weighted by atomic mass is 10.0. The van der Waals surface area contributed by atoms with Crippen LogP contribution in [0.4, 0.5) is 0 Å². The molecule has 1 atom stereocenters. The van der Waals surface area contributed by atoms with Crippen molar-refractivity contribution >= 4 is 27.3 Å². The van der Waals surface area contributed by atoms with E-state index in [-0.39, 0.29) is 0 Å². The third-order valence-electron chi connectivity index (χ3n) is 3.62. The highest BCUT2D eigenvalue weighted by molar-refractivity contribution is 9.10. The van der Waals surface area contributed by atoms with E-state index in [0.29, 0.717) is 6.04 Å². The lowest BCUT2D eigenvalue weighted by Crippen LogP contribution is -2.45. The monoisotopic (exact) mass is 330 g/mol. The van der Waals surface area contributed by atoms with Gasteiger partial charge in [-0.1, -0.05) is 26.2 Å². The third kappa shape index (κ3) is 3.80. The quantitative estimate of drug-likeness (QED) is 0.792. The zero-order valence-corrected chi connectivity index (χ0v) is 13.5. The molecule has 0 unspecified atom stereocenters. The second kappa shape index (κ2) is 7.63. The highest BCUT2D eigenvalue weighted by Gasteiger charge is 2.24. The third-order valence-corrected chi connectivity index (χ3v) is 5.59. The molecule has 4 heteroatoms. The zero-order chi connectivity index (χ0) is 12.8. The largest absolute Gasteiger partial charge is 0.314 e. The van der Waals surface area contributed by atoms with Crippen LogP contribution in [-0.2, 0) is 0 Å². The van der Waals surface area contributed by atoms with Crippen LogP contribution in [0.1, 0.15) is 43.5 Å². The van der Waals surface area contributed by atoms with Crippen LogP contribution in [0.3, 0.4) is 0 Å². The van der Waals surface area contributed by atoms with Crippen molar-refractivity contribution in [1.82, 2.24) is 10.2 Å². The second-order valence-corrected chi connectivity index (χ2v) is 6.73. The molecule has 1 saturated heterocycles. The van der Waals surface area contributed by atoms with Crippen LogP contribution in [-0.4, -0.2) is 31.1 Å². The highest BCUT2D eigenvalue weighted by atomic mass is 79.9. The molecule has 0 aromatic carbocycles. The first kappa shape index (κ1) is 14.5. The Hall–Kier alpha value is 0.1000. The van der Waals surface area contributed by atoms with Crippen LogP contribution in [0.15, 0.2) is 15.9 Å². The van der Waals surface area contributed by atoms with Crippen LogP contribution in [0, 0.1) is 0 Å². The maximum absolute atomic E-state index is 3.71. The van der Waals surface area contributed by atoms with Gasteiger partial charge in [0.05, 0.1) is 0 Å². The summed E-state index contributed by atoms with van der Waals surface area (Å²) in [4.78, 5) is 4.18. The number of piperazine rings is 1. The fourth-order valence-corrected chi connectivity index (χ4v) is 4.41. The molecule has 0 radical (unpaired) electrons. The maximum atomic E-state index is 3.71. The van der Waals surface area contributed by atoms with Gasteiger partial charge in [0.1, 0.15) is 0 Å². The molecule has 0 aliphatic carbocycles.